The van der Waals surface area contributed by atoms with Crippen LogP contribution in [0.5, 0.6) is 0 Å². The third-order valence-corrected chi connectivity index (χ3v) is 3.22. The summed E-state index contributed by atoms with van der Waals surface area (Å²) in [6.07, 6.45) is 0.493. The zero-order chi connectivity index (χ0) is 14.0. The largest absolute Gasteiger partial charge is 0.481 e. The smallest absolute Gasteiger partial charge is 0.303 e. The van der Waals surface area contributed by atoms with Crippen LogP contribution in [0.4, 0.5) is 0 Å². The van der Waals surface area contributed by atoms with Crippen LogP contribution in [0.3, 0.4) is 0 Å². The van der Waals surface area contributed by atoms with Gasteiger partial charge in [-0.2, -0.15) is 0 Å². The van der Waals surface area contributed by atoms with Crippen LogP contribution in [0.1, 0.15) is 40.5 Å². The highest BCUT2D eigenvalue weighted by molar-refractivity contribution is 6.21. The van der Waals surface area contributed by atoms with Gasteiger partial charge in [0.15, 0.2) is 0 Å². The number of hydrogen-bond acceptors (Lipinski definition) is 3. The summed E-state index contributed by atoms with van der Waals surface area (Å²) in [5.41, 5.74) is 0.857. The molecule has 0 saturated heterocycles. The standard InChI is InChI=1S/C14H15NO4/c1-9(6-7-12(16)17)8-15-13(18)10-4-2-3-5-11(10)14(15)19/h2-5,9H,6-8H2,1H3,(H,16,17)/t9-/m1/s1. The molecule has 100 valence electrons. The van der Waals surface area contributed by atoms with Crippen molar-refractivity contribution in [2.24, 2.45) is 5.92 Å². The topological polar surface area (TPSA) is 74.7 Å². The summed E-state index contributed by atoms with van der Waals surface area (Å²) in [5.74, 6) is -1.47. The van der Waals surface area contributed by atoms with Gasteiger partial charge >= 0.3 is 5.97 Å². The van der Waals surface area contributed by atoms with E-state index in [-0.39, 0.29) is 30.7 Å². The number of carbonyl (C=O) groups excluding carboxylic acids is 2. The lowest BCUT2D eigenvalue weighted by Gasteiger charge is -2.18. The molecular weight excluding hydrogens is 246 g/mol. The second kappa shape index (κ2) is 5.22. The minimum Gasteiger partial charge on any atom is -0.481 e. The first-order valence-corrected chi connectivity index (χ1v) is 6.17. The van der Waals surface area contributed by atoms with Gasteiger partial charge in [-0.05, 0) is 24.5 Å². The van der Waals surface area contributed by atoms with E-state index < -0.39 is 5.97 Å². The van der Waals surface area contributed by atoms with E-state index in [1.807, 2.05) is 6.92 Å². The molecule has 0 radical (unpaired) electrons. The first-order chi connectivity index (χ1) is 9.00. The van der Waals surface area contributed by atoms with E-state index >= 15 is 0 Å². The van der Waals surface area contributed by atoms with Gasteiger partial charge in [0.2, 0.25) is 0 Å². The van der Waals surface area contributed by atoms with Gasteiger partial charge in [-0.3, -0.25) is 19.3 Å². The lowest BCUT2D eigenvalue weighted by Crippen LogP contribution is -2.34. The molecule has 0 aliphatic carbocycles. The minimum absolute atomic E-state index is 0.0293. The Balaban J connectivity index is 2.06. The fraction of sp³-hybridized carbons (Fsp3) is 0.357. The summed E-state index contributed by atoms with van der Waals surface area (Å²) in [4.78, 5) is 35.8. The first kappa shape index (κ1) is 13.3. The van der Waals surface area contributed by atoms with Gasteiger partial charge in [-0.15, -0.1) is 0 Å². The molecule has 0 bridgehead atoms. The number of amides is 2. The summed E-state index contributed by atoms with van der Waals surface area (Å²) < 4.78 is 0. The Morgan fingerprint density at radius 2 is 1.74 bits per heavy atom. The molecular formula is C14H15NO4. The fourth-order valence-corrected chi connectivity index (χ4v) is 2.18. The van der Waals surface area contributed by atoms with Crippen molar-refractivity contribution in [3.05, 3.63) is 35.4 Å². The van der Waals surface area contributed by atoms with Crippen molar-refractivity contribution in [2.45, 2.75) is 19.8 Å². The predicted octanol–water partition coefficient (Wildman–Crippen LogP) is 1.78. The zero-order valence-corrected chi connectivity index (χ0v) is 10.6. The third-order valence-electron chi connectivity index (χ3n) is 3.22. The molecule has 0 unspecified atom stereocenters. The average molecular weight is 261 g/mol. The van der Waals surface area contributed by atoms with Crippen molar-refractivity contribution < 1.29 is 19.5 Å². The minimum atomic E-state index is -0.866. The van der Waals surface area contributed by atoms with Gasteiger partial charge in [-0.25, -0.2) is 0 Å². The molecule has 0 aromatic heterocycles. The van der Waals surface area contributed by atoms with Crippen molar-refractivity contribution in [1.82, 2.24) is 4.90 Å². The van der Waals surface area contributed by atoms with E-state index in [1.54, 1.807) is 24.3 Å². The van der Waals surface area contributed by atoms with Gasteiger partial charge < -0.3 is 5.11 Å². The molecule has 2 amide bonds. The predicted molar refractivity (Wildman–Crippen MR) is 67.8 cm³/mol. The maximum Gasteiger partial charge on any atom is 0.303 e. The van der Waals surface area contributed by atoms with Crippen LogP contribution in [0.2, 0.25) is 0 Å². The Hall–Kier alpha value is -2.17. The maximum absolute atomic E-state index is 12.1. The van der Waals surface area contributed by atoms with Crippen molar-refractivity contribution in [3.8, 4) is 0 Å². The summed E-state index contributed by atoms with van der Waals surface area (Å²) in [6, 6.07) is 6.72. The van der Waals surface area contributed by atoms with E-state index in [4.69, 9.17) is 5.11 Å². The molecule has 5 heteroatoms. The third kappa shape index (κ3) is 2.65. The van der Waals surface area contributed by atoms with Gasteiger partial charge in [0.05, 0.1) is 11.1 Å². The number of imide groups is 1. The average Bonchev–Trinajstić information content (AvgIpc) is 2.62. The highest BCUT2D eigenvalue weighted by atomic mass is 16.4. The first-order valence-electron chi connectivity index (χ1n) is 6.17. The summed E-state index contributed by atoms with van der Waals surface area (Å²) in [7, 11) is 0. The Kier molecular flexibility index (Phi) is 3.64. The Morgan fingerprint density at radius 1 is 1.21 bits per heavy atom. The van der Waals surface area contributed by atoms with Crippen LogP contribution in [0.15, 0.2) is 24.3 Å². The Morgan fingerprint density at radius 3 is 2.21 bits per heavy atom. The van der Waals surface area contributed by atoms with Crippen LogP contribution in [-0.2, 0) is 4.79 Å². The quantitative estimate of drug-likeness (QED) is 0.820. The lowest BCUT2D eigenvalue weighted by molar-refractivity contribution is -0.137. The molecule has 19 heavy (non-hydrogen) atoms. The van der Waals surface area contributed by atoms with Crippen molar-refractivity contribution in [3.63, 3.8) is 0 Å². The molecule has 0 saturated carbocycles. The molecule has 5 nitrogen and oxygen atoms in total. The van der Waals surface area contributed by atoms with E-state index in [0.29, 0.717) is 17.5 Å². The number of carbonyl (C=O) groups is 3. The molecule has 1 N–H and O–H groups in total. The second-order valence-electron chi connectivity index (χ2n) is 4.80. The molecule has 0 fully saturated rings. The number of benzene rings is 1. The summed E-state index contributed by atoms with van der Waals surface area (Å²) >= 11 is 0. The zero-order valence-electron chi connectivity index (χ0n) is 10.6. The molecule has 1 atom stereocenters. The van der Waals surface area contributed by atoms with E-state index in [2.05, 4.69) is 0 Å². The maximum atomic E-state index is 12.1. The van der Waals surface area contributed by atoms with Crippen molar-refractivity contribution >= 4 is 17.8 Å². The van der Waals surface area contributed by atoms with Crippen LogP contribution in [0, 0.1) is 5.92 Å². The molecule has 1 aliphatic rings. The number of hydrogen-bond donors (Lipinski definition) is 1. The highest BCUT2D eigenvalue weighted by Crippen LogP contribution is 2.24. The molecule has 1 aromatic carbocycles. The monoisotopic (exact) mass is 261 g/mol. The molecule has 2 rings (SSSR count). The van der Waals surface area contributed by atoms with E-state index in [0.717, 1.165) is 0 Å². The SMILES string of the molecule is C[C@H](CCC(=O)O)CN1C(=O)c2ccccc2C1=O. The van der Waals surface area contributed by atoms with Crippen LogP contribution in [0.25, 0.3) is 0 Å². The van der Waals surface area contributed by atoms with Crippen molar-refractivity contribution in [2.75, 3.05) is 6.54 Å². The number of nitrogens with zero attached hydrogens (tertiary/aromatic N) is 1. The van der Waals surface area contributed by atoms with Crippen LogP contribution in [-0.4, -0.2) is 34.3 Å². The van der Waals surface area contributed by atoms with E-state index in [9.17, 15) is 14.4 Å². The van der Waals surface area contributed by atoms with Crippen LogP contribution < -0.4 is 0 Å². The second-order valence-corrected chi connectivity index (χ2v) is 4.80. The lowest BCUT2D eigenvalue weighted by atomic mass is 10.1. The Bertz CT molecular complexity index is 503. The number of fused-ring (bicyclic) bond motifs is 1. The summed E-state index contributed by atoms with van der Waals surface area (Å²) in [5, 5.41) is 8.62. The number of carboxylic acids is 1. The highest BCUT2D eigenvalue weighted by Gasteiger charge is 2.35. The van der Waals surface area contributed by atoms with Gasteiger partial charge in [0.1, 0.15) is 0 Å². The summed E-state index contributed by atoms with van der Waals surface area (Å²) in [6.45, 7) is 2.10. The van der Waals surface area contributed by atoms with Gasteiger partial charge in [0, 0.05) is 13.0 Å². The van der Waals surface area contributed by atoms with Crippen LogP contribution >= 0.6 is 0 Å². The molecule has 1 aromatic rings. The number of aliphatic carboxylic acids is 1. The van der Waals surface area contributed by atoms with E-state index in [1.165, 1.54) is 4.90 Å². The molecule has 0 spiro atoms. The Labute approximate surface area is 110 Å². The molecule has 1 heterocycles. The van der Waals surface area contributed by atoms with Gasteiger partial charge in [-0.1, -0.05) is 19.1 Å². The van der Waals surface area contributed by atoms with Crippen molar-refractivity contribution in [1.29, 1.82) is 0 Å². The fourth-order valence-electron chi connectivity index (χ4n) is 2.18. The number of rotatable bonds is 5. The van der Waals surface area contributed by atoms with Gasteiger partial charge in [0.25, 0.3) is 11.8 Å². The normalized spacial score (nSPS) is 15.5. The number of carboxylic acid groups (broad SMARTS) is 1. The molecule has 1 aliphatic heterocycles.